The van der Waals surface area contributed by atoms with E-state index in [0.717, 1.165) is 4.68 Å². The van der Waals surface area contributed by atoms with Crippen molar-refractivity contribution in [2.45, 2.75) is 6.18 Å². The third kappa shape index (κ3) is 1.49. The fourth-order valence-corrected chi connectivity index (χ4v) is 1.58. The minimum absolute atomic E-state index is 0.277. The number of tetrazole rings is 1. The van der Waals surface area contributed by atoms with Crippen molar-refractivity contribution in [1.82, 2.24) is 24.6 Å². The van der Waals surface area contributed by atoms with E-state index in [4.69, 9.17) is 0 Å². The molecular formula is C6H3BrF3N5O. The number of hydrogen-bond donors (Lipinski definition) is 0. The normalized spacial score (nSPS) is 12.3. The fourth-order valence-electron chi connectivity index (χ4n) is 1.10. The molecular weight excluding hydrogens is 295 g/mol. The van der Waals surface area contributed by atoms with E-state index < -0.39 is 21.9 Å². The number of rotatable bonds is 0. The highest BCUT2D eigenvalue weighted by atomic mass is 79.9. The first-order valence-electron chi connectivity index (χ1n) is 3.88. The van der Waals surface area contributed by atoms with Gasteiger partial charge in [0.25, 0.3) is 11.3 Å². The highest BCUT2D eigenvalue weighted by Gasteiger charge is 2.37. The largest absolute Gasteiger partial charge is 0.434 e. The summed E-state index contributed by atoms with van der Waals surface area (Å²) in [6, 6.07) is 0. The molecule has 0 N–H and O–H groups in total. The minimum atomic E-state index is -4.71. The molecule has 2 aromatic rings. The van der Waals surface area contributed by atoms with Crippen LogP contribution in [0.2, 0.25) is 0 Å². The molecule has 0 radical (unpaired) electrons. The van der Waals surface area contributed by atoms with Gasteiger partial charge in [0, 0.05) is 7.05 Å². The summed E-state index contributed by atoms with van der Waals surface area (Å²) in [5.74, 6) is -0.277. The molecule has 0 aliphatic heterocycles. The maximum atomic E-state index is 12.5. The first-order valence-corrected chi connectivity index (χ1v) is 4.67. The summed E-state index contributed by atoms with van der Waals surface area (Å²) in [6.45, 7) is 0. The predicted octanol–water partition coefficient (Wildman–Crippen LogP) is 0.604. The number of fused-ring (bicyclic) bond motifs is 1. The Morgan fingerprint density at radius 2 is 1.94 bits per heavy atom. The van der Waals surface area contributed by atoms with E-state index >= 15 is 0 Å². The molecule has 0 saturated carbocycles. The van der Waals surface area contributed by atoms with Gasteiger partial charge in [0.05, 0.1) is 0 Å². The van der Waals surface area contributed by atoms with Crippen LogP contribution in [0.4, 0.5) is 13.2 Å². The molecule has 16 heavy (non-hydrogen) atoms. The Balaban J connectivity index is 2.93. The molecule has 0 unspecified atom stereocenters. The Kier molecular flexibility index (Phi) is 2.26. The van der Waals surface area contributed by atoms with Crippen LogP contribution in [0.1, 0.15) is 5.69 Å². The Bertz CT molecular complexity index is 615. The van der Waals surface area contributed by atoms with Gasteiger partial charge in [-0.25, -0.2) is 9.67 Å². The van der Waals surface area contributed by atoms with Gasteiger partial charge in [-0.15, -0.1) is 4.52 Å². The molecule has 10 heteroatoms. The van der Waals surface area contributed by atoms with Crippen molar-refractivity contribution < 1.29 is 13.2 Å². The molecule has 0 spiro atoms. The smallest absolute Gasteiger partial charge is 0.266 e. The Labute approximate surface area is 93.8 Å². The molecule has 0 amide bonds. The highest BCUT2D eigenvalue weighted by Crippen LogP contribution is 2.31. The van der Waals surface area contributed by atoms with Crippen molar-refractivity contribution in [2.24, 2.45) is 7.05 Å². The summed E-state index contributed by atoms with van der Waals surface area (Å²) in [6.07, 6.45) is -4.71. The number of hydrogen-bond acceptors (Lipinski definition) is 4. The molecule has 0 aliphatic rings. The third-order valence-corrected chi connectivity index (χ3v) is 2.53. The number of halogens is 4. The van der Waals surface area contributed by atoms with Crippen LogP contribution >= 0.6 is 15.9 Å². The average molecular weight is 298 g/mol. The van der Waals surface area contributed by atoms with Crippen LogP contribution in [0, 0.1) is 0 Å². The van der Waals surface area contributed by atoms with Gasteiger partial charge in [-0.1, -0.05) is 0 Å². The van der Waals surface area contributed by atoms with Crippen LogP contribution in [0.25, 0.3) is 5.78 Å². The SMILES string of the molecule is Cn1nnn2c(=O)c(Br)c(C(F)(F)F)nc12. The molecule has 6 nitrogen and oxygen atoms in total. The van der Waals surface area contributed by atoms with Gasteiger partial charge in [0.1, 0.15) is 4.47 Å². The summed E-state index contributed by atoms with van der Waals surface area (Å²) in [5.41, 5.74) is -2.24. The summed E-state index contributed by atoms with van der Waals surface area (Å²) in [4.78, 5) is 14.8. The lowest BCUT2D eigenvalue weighted by molar-refractivity contribution is -0.141. The number of alkyl halides is 3. The molecule has 0 fully saturated rings. The number of aryl methyl sites for hydroxylation is 1. The zero-order valence-corrected chi connectivity index (χ0v) is 9.24. The van der Waals surface area contributed by atoms with Crippen molar-refractivity contribution in [1.29, 1.82) is 0 Å². The Morgan fingerprint density at radius 3 is 2.50 bits per heavy atom. The van der Waals surface area contributed by atoms with Crippen molar-refractivity contribution in [3.8, 4) is 0 Å². The quantitative estimate of drug-likeness (QED) is 0.714. The van der Waals surface area contributed by atoms with E-state index in [1.807, 2.05) is 0 Å². The van der Waals surface area contributed by atoms with E-state index in [1.54, 1.807) is 0 Å². The summed E-state index contributed by atoms with van der Waals surface area (Å²) in [5, 5.41) is 6.76. The lowest BCUT2D eigenvalue weighted by atomic mass is 10.4. The Morgan fingerprint density at radius 1 is 1.31 bits per heavy atom. The monoisotopic (exact) mass is 297 g/mol. The van der Waals surface area contributed by atoms with Gasteiger partial charge in [0.15, 0.2) is 5.69 Å². The van der Waals surface area contributed by atoms with E-state index in [1.165, 1.54) is 7.05 Å². The van der Waals surface area contributed by atoms with Gasteiger partial charge in [-0.2, -0.15) is 13.2 Å². The third-order valence-electron chi connectivity index (χ3n) is 1.81. The fraction of sp³-hybridized carbons (Fsp3) is 0.333. The molecule has 0 atom stereocenters. The van der Waals surface area contributed by atoms with E-state index in [-0.39, 0.29) is 5.78 Å². The van der Waals surface area contributed by atoms with Crippen LogP contribution in [0.5, 0.6) is 0 Å². The topological polar surface area (TPSA) is 65.1 Å². The maximum absolute atomic E-state index is 12.5. The molecule has 0 aliphatic carbocycles. The van der Waals surface area contributed by atoms with E-state index in [9.17, 15) is 18.0 Å². The number of aromatic nitrogens is 5. The zero-order valence-electron chi connectivity index (χ0n) is 7.66. The lowest BCUT2D eigenvalue weighted by Crippen LogP contribution is -2.23. The maximum Gasteiger partial charge on any atom is 0.434 e. The molecule has 0 bridgehead atoms. The summed E-state index contributed by atoms with van der Waals surface area (Å²) >= 11 is 2.55. The van der Waals surface area contributed by atoms with Gasteiger partial charge in [-0.05, 0) is 26.4 Å². The second kappa shape index (κ2) is 3.27. The summed E-state index contributed by atoms with van der Waals surface area (Å²) < 4.78 is 38.5. The first-order chi connectivity index (χ1) is 7.32. The second-order valence-electron chi connectivity index (χ2n) is 2.89. The molecule has 2 heterocycles. The number of nitrogens with zero attached hydrogens (tertiary/aromatic N) is 5. The van der Waals surface area contributed by atoms with Gasteiger partial charge in [-0.3, -0.25) is 4.79 Å². The Hall–Kier alpha value is -1.45. The standard InChI is InChI=1S/C6H3BrF3N5O/c1-14-5-11-3(6(8,9)10)2(7)4(16)15(5)13-12-14/h1H3. The lowest BCUT2D eigenvalue weighted by Gasteiger charge is -2.06. The minimum Gasteiger partial charge on any atom is -0.266 e. The molecule has 86 valence electrons. The predicted molar refractivity (Wildman–Crippen MR) is 48.7 cm³/mol. The van der Waals surface area contributed by atoms with Crippen LogP contribution in [0.15, 0.2) is 9.27 Å². The highest BCUT2D eigenvalue weighted by molar-refractivity contribution is 9.10. The zero-order chi connectivity index (χ0) is 12.1. The second-order valence-corrected chi connectivity index (χ2v) is 3.68. The van der Waals surface area contributed by atoms with Crippen molar-refractivity contribution in [3.05, 3.63) is 20.5 Å². The van der Waals surface area contributed by atoms with Crippen LogP contribution < -0.4 is 5.56 Å². The van der Waals surface area contributed by atoms with Crippen LogP contribution in [-0.4, -0.2) is 24.6 Å². The first kappa shape index (κ1) is 11.0. The van der Waals surface area contributed by atoms with Crippen LogP contribution in [-0.2, 0) is 13.2 Å². The summed E-state index contributed by atoms with van der Waals surface area (Å²) in [7, 11) is 1.34. The van der Waals surface area contributed by atoms with Gasteiger partial charge in [0.2, 0.25) is 0 Å². The van der Waals surface area contributed by atoms with Gasteiger partial charge >= 0.3 is 6.18 Å². The van der Waals surface area contributed by atoms with Crippen molar-refractivity contribution in [3.63, 3.8) is 0 Å². The molecule has 0 aromatic carbocycles. The van der Waals surface area contributed by atoms with Gasteiger partial charge < -0.3 is 0 Å². The molecule has 2 aromatic heterocycles. The van der Waals surface area contributed by atoms with E-state index in [0.29, 0.717) is 4.52 Å². The average Bonchev–Trinajstić information content (AvgIpc) is 2.52. The van der Waals surface area contributed by atoms with Crippen molar-refractivity contribution >= 4 is 21.7 Å². The van der Waals surface area contributed by atoms with Crippen molar-refractivity contribution in [2.75, 3.05) is 0 Å². The van der Waals surface area contributed by atoms with E-state index in [2.05, 4.69) is 31.3 Å². The molecule has 0 saturated heterocycles. The van der Waals surface area contributed by atoms with Crippen LogP contribution in [0.3, 0.4) is 0 Å². The molecule has 2 rings (SSSR count).